The van der Waals surface area contributed by atoms with Crippen LogP contribution in [0.5, 0.6) is 0 Å². The number of fused-ring (bicyclic) bond motifs is 2. The van der Waals surface area contributed by atoms with Crippen LogP contribution in [0, 0.1) is 0 Å². The van der Waals surface area contributed by atoms with Gasteiger partial charge in [-0.25, -0.2) is 15.1 Å². The smallest absolute Gasteiger partial charge is 0.333 e. The summed E-state index contributed by atoms with van der Waals surface area (Å²) in [6.45, 7) is -0.523. The number of aromatic nitrogens is 2. The maximum Gasteiger partial charge on any atom is 0.333 e. The molecule has 32 heavy (non-hydrogen) atoms. The lowest BCUT2D eigenvalue weighted by atomic mass is 9.95. The molecule has 11 heteroatoms. The maximum absolute atomic E-state index is 11.0. The fourth-order valence-electron chi connectivity index (χ4n) is 4.66. The van der Waals surface area contributed by atoms with Crippen molar-refractivity contribution in [1.29, 1.82) is 0 Å². The summed E-state index contributed by atoms with van der Waals surface area (Å²) in [5.74, 6) is 0.327. The number of nitrogens with zero attached hydrogens (tertiary/aromatic N) is 2. The van der Waals surface area contributed by atoms with Crippen molar-refractivity contribution < 1.29 is 32.0 Å². The molecule has 10 nitrogen and oxygen atoms in total. The molecule has 5 rings (SSSR count). The van der Waals surface area contributed by atoms with Gasteiger partial charge in [-0.1, -0.05) is 24.3 Å². The predicted octanol–water partition coefficient (Wildman–Crippen LogP) is 0.877. The highest BCUT2D eigenvalue weighted by molar-refractivity contribution is 7.84. The minimum atomic E-state index is -4.21. The normalized spacial score (nSPS) is 27.8. The van der Waals surface area contributed by atoms with Crippen molar-refractivity contribution >= 4 is 21.4 Å². The van der Waals surface area contributed by atoms with Crippen LogP contribution in [0.2, 0.25) is 0 Å². The maximum atomic E-state index is 11.0. The van der Waals surface area contributed by atoms with Crippen LogP contribution in [-0.4, -0.2) is 53.5 Å². The number of aliphatic hydroxyl groups is 2. The first kappa shape index (κ1) is 21.4. The van der Waals surface area contributed by atoms with E-state index < -0.39 is 41.3 Å². The van der Waals surface area contributed by atoms with Gasteiger partial charge in [-0.3, -0.25) is 4.18 Å². The minimum Gasteiger partial charge on any atom is -0.460 e. The first-order valence-corrected chi connectivity index (χ1v) is 11.8. The van der Waals surface area contributed by atoms with Crippen LogP contribution < -0.4 is 5.14 Å². The topological polar surface area (TPSA) is 158 Å². The first-order chi connectivity index (χ1) is 15.3. The van der Waals surface area contributed by atoms with Gasteiger partial charge in [0.05, 0.1) is 18.6 Å². The molecule has 3 heterocycles. The largest absolute Gasteiger partial charge is 0.460 e. The Morgan fingerprint density at radius 1 is 1.16 bits per heavy atom. The van der Waals surface area contributed by atoms with Crippen molar-refractivity contribution in [1.82, 2.24) is 9.97 Å². The first-order valence-electron chi connectivity index (χ1n) is 10.3. The third kappa shape index (κ3) is 3.91. The highest BCUT2D eigenvalue weighted by Gasteiger charge is 2.45. The fourth-order valence-corrected chi connectivity index (χ4v) is 4.99. The molecule has 1 aromatic carbocycles. The Hall–Kier alpha value is -2.41. The van der Waals surface area contributed by atoms with Gasteiger partial charge in [-0.15, -0.1) is 0 Å². The molecule has 1 fully saturated rings. The Morgan fingerprint density at radius 3 is 2.78 bits per heavy atom. The van der Waals surface area contributed by atoms with Crippen molar-refractivity contribution in [3.8, 4) is 0 Å². The van der Waals surface area contributed by atoms with Crippen molar-refractivity contribution in [3.05, 3.63) is 59.2 Å². The van der Waals surface area contributed by atoms with E-state index in [1.54, 1.807) is 0 Å². The third-order valence-electron chi connectivity index (χ3n) is 6.22. The second kappa shape index (κ2) is 8.18. The highest BCUT2D eigenvalue weighted by atomic mass is 32.2. The lowest BCUT2D eigenvalue weighted by Crippen LogP contribution is -2.34. The summed E-state index contributed by atoms with van der Waals surface area (Å²) >= 11 is 0. The monoisotopic (exact) mass is 461 g/mol. The minimum absolute atomic E-state index is 0.327. The Morgan fingerprint density at radius 2 is 1.97 bits per heavy atom. The Kier molecular flexibility index (Phi) is 5.48. The zero-order valence-electron chi connectivity index (χ0n) is 17.0. The summed E-state index contributed by atoms with van der Waals surface area (Å²) in [7, 11) is -4.21. The molecule has 1 aliphatic heterocycles. The van der Waals surface area contributed by atoms with Crippen LogP contribution in [0.4, 0.5) is 0 Å². The van der Waals surface area contributed by atoms with Gasteiger partial charge in [0.2, 0.25) is 0 Å². The highest BCUT2D eigenvalue weighted by Crippen LogP contribution is 2.40. The molecular weight excluding hydrogens is 438 g/mol. The van der Waals surface area contributed by atoms with Crippen molar-refractivity contribution in [2.75, 3.05) is 6.61 Å². The molecular formula is C21H23N3O7S. The van der Waals surface area contributed by atoms with Gasteiger partial charge in [-0.05, 0) is 29.9 Å². The molecule has 1 saturated heterocycles. The van der Waals surface area contributed by atoms with Crippen LogP contribution in [0.15, 0.2) is 41.3 Å². The van der Waals surface area contributed by atoms with Gasteiger partial charge >= 0.3 is 10.3 Å². The molecule has 0 spiro atoms. The van der Waals surface area contributed by atoms with Crippen molar-refractivity contribution in [2.24, 2.45) is 5.14 Å². The standard InChI is InChI=1S/C21H23N3O7S/c22-32(27,28)30-9-16-18(25)19(26)20(31-16)14-8-29-21-15(23-10-24-17(14)21)7-12-6-5-11-3-1-2-4-13(11)12/h1-4,8,10,12,16,18-20,25-26H,5-7,9H2,(H2,22,27,28)/t12-,16-,18-,19-,20+/m1/s1. The van der Waals surface area contributed by atoms with Crippen molar-refractivity contribution in [3.63, 3.8) is 0 Å². The summed E-state index contributed by atoms with van der Waals surface area (Å²) in [5.41, 5.74) is 4.85. The third-order valence-corrected chi connectivity index (χ3v) is 6.68. The molecule has 4 N–H and O–H groups in total. The van der Waals surface area contributed by atoms with Crippen LogP contribution in [-0.2, 0) is 32.1 Å². The Bertz CT molecular complexity index is 1250. The lowest BCUT2D eigenvalue weighted by molar-refractivity contribution is -0.0155. The molecule has 0 amide bonds. The van der Waals surface area contributed by atoms with E-state index in [9.17, 15) is 18.6 Å². The lowest BCUT2D eigenvalue weighted by Gasteiger charge is -2.13. The molecule has 2 aromatic heterocycles. The summed E-state index contributed by atoms with van der Waals surface area (Å²) in [4.78, 5) is 8.74. The van der Waals surface area contributed by atoms with Crippen LogP contribution >= 0.6 is 0 Å². The number of hydrogen-bond donors (Lipinski definition) is 3. The Balaban J connectivity index is 1.40. The van der Waals surface area contributed by atoms with E-state index in [-0.39, 0.29) is 0 Å². The van der Waals surface area contributed by atoms with Gasteiger partial charge in [0.25, 0.3) is 0 Å². The van der Waals surface area contributed by atoms with Gasteiger partial charge in [0.1, 0.15) is 36.3 Å². The summed E-state index contributed by atoms with van der Waals surface area (Å²) < 4.78 is 38.1. The molecule has 0 radical (unpaired) electrons. The number of aryl methyl sites for hydroxylation is 1. The Labute approximate surface area is 184 Å². The fraction of sp³-hybridized carbons (Fsp3) is 0.429. The van der Waals surface area contributed by atoms with Gasteiger partial charge < -0.3 is 19.4 Å². The molecule has 2 aliphatic rings. The average molecular weight is 461 g/mol. The second-order valence-electron chi connectivity index (χ2n) is 8.18. The number of nitrogens with two attached hydrogens (primary N) is 1. The summed E-state index contributed by atoms with van der Waals surface area (Å²) in [5, 5.41) is 25.6. The second-order valence-corrected chi connectivity index (χ2v) is 9.40. The van der Waals surface area contributed by atoms with E-state index in [0.29, 0.717) is 29.0 Å². The van der Waals surface area contributed by atoms with E-state index in [1.165, 1.54) is 23.7 Å². The van der Waals surface area contributed by atoms with E-state index in [2.05, 4.69) is 26.3 Å². The number of furan rings is 1. The van der Waals surface area contributed by atoms with Crippen LogP contribution in [0.1, 0.15) is 40.8 Å². The van der Waals surface area contributed by atoms with Crippen LogP contribution in [0.25, 0.3) is 11.1 Å². The molecule has 1 aliphatic carbocycles. The number of hydrogen-bond acceptors (Lipinski definition) is 9. The number of rotatable bonds is 6. The van der Waals surface area contributed by atoms with E-state index >= 15 is 0 Å². The van der Waals surface area contributed by atoms with Gasteiger partial charge in [0.15, 0.2) is 5.58 Å². The molecule has 0 bridgehead atoms. The average Bonchev–Trinajstić information content (AvgIpc) is 3.44. The zero-order chi connectivity index (χ0) is 22.5. The molecule has 0 saturated carbocycles. The van der Waals surface area contributed by atoms with Gasteiger partial charge in [0, 0.05) is 12.0 Å². The van der Waals surface area contributed by atoms with E-state index in [4.69, 9.17) is 14.3 Å². The number of ether oxygens (including phenoxy) is 1. The number of benzene rings is 1. The van der Waals surface area contributed by atoms with E-state index in [1.807, 2.05) is 12.1 Å². The summed E-state index contributed by atoms with van der Waals surface area (Å²) in [6, 6.07) is 8.38. The van der Waals surface area contributed by atoms with Crippen LogP contribution in [0.3, 0.4) is 0 Å². The van der Waals surface area contributed by atoms with Crippen molar-refractivity contribution in [2.45, 2.75) is 49.6 Å². The summed E-state index contributed by atoms with van der Waals surface area (Å²) in [6.07, 6.45) is 0.843. The van der Waals surface area contributed by atoms with Gasteiger partial charge in [-0.2, -0.15) is 8.42 Å². The quantitative estimate of drug-likeness (QED) is 0.484. The SMILES string of the molecule is NS(=O)(=O)OC[C@H]1O[C@@H](c2coc3c(C[C@H]4CCc5ccccc54)ncnc23)[C@H](O)[C@@H]1O. The number of aliphatic hydroxyl groups excluding tert-OH is 2. The zero-order valence-corrected chi connectivity index (χ0v) is 17.8. The molecule has 5 atom stereocenters. The molecule has 0 unspecified atom stereocenters. The van der Waals surface area contributed by atoms with E-state index in [0.717, 1.165) is 18.5 Å². The predicted molar refractivity (Wildman–Crippen MR) is 112 cm³/mol. The molecule has 3 aromatic rings. The molecule has 170 valence electrons.